The van der Waals surface area contributed by atoms with E-state index >= 15 is 0 Å². The second-order valence-electron chi connectivity index (χ2n) is 4.92. The van der Waals surface area contributed by atoms with Crippen molar-refractivity contribution in [1.29, 1.82) is 0 Å². The van der Waals surface area contributed by atoms with Crippen molar-refractivity contribution in [2.45, 2.75) is 0 Å². The summed E-state index contributed by atoms with van der Waals surface area (Å²) in [5, 5.41) is 7.93. The van der Waals surface area contributed by atoms with Gasteiger partial charge in [0, 0.05) is 21.8 Å². The van der Waals surface area contributed by atoms with Gasteiger partial charge in [0.2, 0.25) is 0 Å². The summed E-state index contributed by atoms with van der Waals surface area (Å²) >= 11 is 0. The lowest BCUT2D eigenvalue weighted by molar-refractivity contribution is 1.02. The third kappa shape index (κ3) is 2.15. The van der Waals surface area contributed by atoms with Gasteiger partial charge in [0.25, 0.3) is 0 Å². The topological polar surface area (TPSA) is 27.8 Å². The van der Waals surface area contributed by atoms with E-state index in [-0.39, 0.29) is 0 Å². The van der Waals surface area contributed by atoms with Crippen LogP contribution in [0.5, 0.6) is 0 Å². The summed E-state index contributed by atoms with van der Waals surface area (Å²) in [6.45, 7) is 0. The van der Waals surface area contributed by atoms with Crippen LogP contribution in [-0.2, 0) is 0 Å². The Kier molecular flexibility index (Phi) is 3.40. The van der Waals surface area contributed by atoms with Gasteiger partial charge in [0.15, 0.2) is 0 Å². The molecule has 4 aromatic rings. The summed E-state index contributed by atoms with van der Waals surface area (Å²) in [6, 6.07) is 21.4. The molecule has 0 radical (unpaired) electrons. The van der Waals surface area contributed by atoms with Crippen molar-refractivity contribution >= 4 is 32.6 Å². The van der Waals surface area contributed by atoms with Gasteiger partial charge in [-0.3, -0.25) is 0 Å². The fraction of sp³-hybridized carbons (Fsp3) is 0.111. The van der Waals surface area contributed by atoms with Crippen LogP contribution in [0, 0.1) is 0 Å². The minimum absolute atomic E-state index is 1.21. The Bertz CT molecular complexity index is 853. The molecule has 0 aliphatic rings. The van der Waals surface area contributed by atoms with Crippen LogP contribution in [0.4, 0.5) is 0 Å². The summed E-state index contributed by atoms with van der Waals surface area (Å²) in [7, 11) is 3.75. The molecule has 1 heterocycles. The molecule has 0 amide bonds. The fourth-order valence-corrected chi connectivity index (χ4v) is 2.54. The van der Waals surface area contributed by atoms with Crippen LogP contribution in [0.3, 0.4) is 0 Å². The largest absolute Gasteiger partial charge is 0.354 e. The van der Waals surface area contributed by atoms with E-state index in [4.69, 9.17) is 0 Å². The number of para-hydroxylation sites is 1. The van der Waals surface area contributed by atoms with Gasteiger partial charge in [0.1, 0.15) is 0 Å². The number of H-pyrrole nitrogens is 1. The van der Waals surface area contributed by atoms with E-state index < -0.39 is 0 Å². The SMILES string of the molecule is CNC.c1ccc2cc3c(cc2c1)[nH]c1ccccc13. The Morgan fingerprint density at radius 2 is 1.30 bits per heavy atom. The van der Waals surface area contributed by atoms with Crippen LogP contribution >= 0.6 is 0 Å². The van der Waals surface area contributed by atoms with Crippen molar-refractivity contribution in [3.05, 3.63) is 60.7 Å². The Hall–Kier alpha value is -2.32. The number of aromatic nitrogens is 1. The highest BCUT2D eigenvalue weighted by Gasteiger charge is 2.04. The standard InChI is InChI=1S/C16H11N.C2H7N/c1-2-6-12-10-16-14(9-11(12)5-1)13-7-3-4-8-15(13)17-16;1-3-2/h1-10,17H;3H,1-2H3. The number of fused-ring (bicyclic) bond motifs is 4. The van der Waals surface area contributed by atoms with Crippen LogP contribution in [0.1, 0.15) is 0 Å². The van der Waals surface area contributed by atoms with Crippen LogP contribution in [0.25, 0.3) is 32.6 Å². The van der Waals surface area contributed by atoms with Crippen molar-refractivity contribution < 1.29 is 0 Å². The number of benzene rings is 3. The van der Waals surface area contributed by atoms with Crippen molar-refractivity contribution in [3.63, 3.8) is 0 Å². The van der Waals surface area contributed by atoms with Crippen molar-refractivity contribution in [3.8, 4) is 0 Å². The molecule has 0 fully saturated rings. The average molecular weight is 262 g/mol. The van der Waals surface area contributed by atoms with Crippen LogP contribution in [-0.4, -0.2) is 19.1 Å². The first-order valence-corrected chi connectivity index (χ1v) is 6.81. The molecule has 0 aliphatic heterocycles. The second kappa shape index (κ2) is 5.35. The Morgan fingerprint density at radius 1 is 0.700 bits per heavy atom. The molecule has 4 rings (SSSR count). The summed E-state index contributed by atoms with van der Waals surface area (Å²) in [5.41, 5.74) is 2.42. The van der Waals surface area contributed by atoms with E-state index in [1.54, 1.807) is 0 Å². The summed E-state index contributed by atoms with van der Waals surface area (Å²) in [6.07, 6.45) is 0. The first-order valence-electron chi connectivity index (χ1n) is 6.81. The number of nitrogens with one attached hydrogen (secondary N) is 2. The normalized spacial score (nSPS) is 10.7. The van der Waals surface area contributed by atoms with Crippen LogP contribution < -0.4 is 5.32 Å². The minimum Gasteiger partial charge on any atom is -0.354 e. The van der Waals surface area contributed by atoms with Crippen molar-refractivity contribution in [1.82, 2.24) is 10.3 Å². The van der Waals surface area contributed by atoms with Crippen LogP contribution in [0.2, 0.25) is 0 Å². The molecule has 0 unspecified atom stereocenters. The molecule has 0 saturated carbocycles. The van der Waals surface area contributed by atoms with Gasteiger partial charge in [-0.25, -0.2) is 0 Å². The third-order valence-electron chi connectivity index (χ3n) is 3.37. The highest BCUT2D eigenvalue weighted by Crippen LogP contribution is 2.28. The molecule has 1 aromatic heterocycles. The Labute approximate surface area is 118 Å². The quantitative estimate of drug-likeness (QED) is 0.485. The third-order valence-corrected chi connectivity index (χ3v) is 3.37. The van der Waals surface area contributed by atoms with Crippen molar-refractivity contribution in [2.75, 3.05) is 14.1 Å². The van der Waals surface area contributed by atoms with Gasteiger partial charge in [-0.2, -0.15) is 0 Å². The highest BCUT2D eigenvalue weighted by atomic mass is 14.7. The molecule has 2 nitrogen and oxygen atoms in total. The highest BCUT2D eigenvalue weighted by molar-refractivity contribution is 6.11. The summed E-state index contributed by atoms with van der Waals surface area (Å²) in [4.78, 5) is 3.47. The van der Waals surface area contributed by atoms with E-state index in [1.807, 2.05) is 14.1 Å². The molecule has 0 saturated heterocycles. The monoisotopic (exact) mass is 262 g/mol. The lowest BCUT2D eigenvalue weighted by Crippen LogP contribution is -1.89. The number of rotatable bonds is 0. The minimum atomic E-state index is 1.21. The zero-order chi connectivity index (χ0) is 13.9. The van der Waals surface area contributed by atoms with Crippen LogP contribution in [0.15, 0.2) is 60.7 Å². The van der Waals surface area contributed by atoms with E-state index in [2.05, 4.69) is 71.0 Å². The van der Waals surface area contributed by atoms with Gasteiger partial charge in [0.05, 0.1) is 0 Å². The Morgan fingerprint density at radius 3 is 2.05 bits per heavy atom. The molecular weight excluding hydrogens is 244 g/mol. The maximum Gasteiger partial charge on any atom is 0.0471 e. The molecule has 20 heavy (non-hydrogen) atoms. The van der Waals surface area contributed by atoms with Gasteiger partial charge in [-0.1, -0.05) is 42.5 Å². The molecule has 2 N–H and O–H groups in total. The van der Waals surface area contributed by atoms with Gasteiger partial charge in [-0.05, 0) is 43.1 Å². The van der Waals surface area contributed by atoms with Gasteiger partial charge >= 0.3 is 0 Å². The summed E-state index contributed by atoms with van der Waals surface area (Å²) in [5.74, 6) is 0. The number of hydrogen-bond donors (Lipinski definition) is 2. The average Bonchev–Trinajstić information content (AvgIpc) is 2.83. The van der Waals surface area contributed by atoms with E-state index in [1.165, 1.54) is 32.6 Å². The first-order chi connectivity index (χ1) is 9.83. The molecule has 100 valence electrons. The fourth-order valence-electron chi connectivity index (χ4n) is 2.54. The molecule has 0 bridgehead atoms. The molecular formula is C18H18N2. The first kappa shape index (κ1) is 12.7. The zero-order valence-electron chi connectivity index (χ0n) is 11.8. The molecule has 2 heteroatoms. The summed E-state index contributed by atoms with van der Waals surface area (Å²) < 4.78 is 0. The maximum absolute atomic E-state index is 3.47. The Balaban J connectivity index is 0.000000373. The molecule has 0 aliphatic carbocycles. The van der Waals surface area contributed by atoms with E-state index in [9.17, 15) is 0 Å². The molecule has 0 atom stereocenters. The predicted molar refractivity (Wildman–Crippen MR) is 88.3 cm³/mol. The van der Waals surface area contributed by atoms with Gasteiger partial charge in [-0.15, -0.1) is 0 Å². The molecule has 0 spiro atoms. The smallest absolute Gasteiger partial charge is 0.0471 e. The maximum atomic E-state index is 3.47. The zero-order valence-corrected chi connectivity index (χ0v) is 11.8. The number of aromatic amines is 1. The number of hydrogen-bond acceptors (Lipinski definition) is 1. The molecule has 3 aromatic carbocycles. The predicted octanol–water partition coefficient (Wildman–Crippen LogP) is 4.31. The lowest BCUT2D eigenvalue weighted by Gasteiger charge is -1.97. The van der Waals surface area contributed by atoms with E-state index in [0.717, 1.165) is 0 Å². The van der Waals surface area contributed by atoms with Crippen molar-refractivity contribution in [2.24, 2.45) is 0 Å². The lowest BCUT2D eigenvalue weighted by atomic mass is 10.1. The second-order valence-corrected chi connectivity index (χ2v) is 4.92. The van der Waals surface area contributed by atoms with E-state index in [0.29, 0.717) is 0 Å². The van der Waals surface area contributed by atoms with Gasteiger partial charge < -0.3 is 10.3 Å².